The van der Waals surface area contributed by atoms with E-state index >= 15 is 0 Å². The van der Waals surface area contributed by atoms with Crippen LogP contribution in [0.4, 0.5) is 0 Å². The first-order valence-electron chi connectivity index (χ1n) is 9.73. The summed E-state index contributed by atoms with van der Waals surface area (Å²) >= 11 is 0. The van der Waals surface area contributed by atoms with Crippen LogP contribution in [-0.2, 0) is 0 Å². The summed E-state index contributed by atoms with van der Waals surface area (Å²) in [5.74, 6) is 0. The molecule has 0 spiro atoms. The van der Waals surface area contributed by atoms with Crippen molar-refractivity contribution in [3.8, 4) is 0 Å². The molecular formula is C18H42N4. The summed E-state index contributed by atoms with van der Waals surface area (Å²) in [5, 5.41) is 6.88. The molecule has 0 aliphatic heterocycles. The van der Waals surface area contributed by atoms with Gasteiger partial charge in [-0.3, -0.25) is 0 Å². The first-order chi connectivity index (χ1) is 10.9. The van der Waals surface area contributed by atoms with E-state index in [9.17, 15) is 0 Å². The Morgan fingerprint density at radius 2 is 0.636 bits per heavy atom. The lowest BCUT2D eigenvalue weighted by Crippen LogP contribution is -2.19. The third-order valence-electron chi connectivity index (χ3n) is 4.07. The molecular weight excluding hydrogens is 272 g/mol. The molecule has 0 rings (SSSR count). The first kappa shape index (κ1) is 21.8. The normalized spacial score (nSPS) is 11.2. The second kappa shape index (κ2) is 20.8. The molecule has 22 heavy (non-hydrogen) atoms. The lowest BCUT2D eigenvalue weighted by Gasteiger charge is -2.05. The summed E-state index contributed by atoms with van der Waals surface area (Å²) in [5.41, 5.74) is 10.9. The lowest BCUT2D eigenvalue weighted by atomic mass is 10.1. The van der Waals surface area contributed by atoms with Gasteiger partial charge in [-0.1, -0.05) is 51.4 Å². The SMILES string of the molecule is NCCCNCCCCCCCCCCCCNCCCN. The molecule has 134 valence electrons. The number of hydrogen-bond donors (Lipinski definition) is 4. The van der Waals surface area contributed by atoms with Crippen molar-refractivity contribution in [1.29, 1.82) is 0 Å². The lowest BCUT2D eigenvalue weighted by molar-refractivity contribution is 0.531. The van der Waals surface area contributed by atoms with Crippen molar-refractivity contribution >= 4 is 0 Å². The average molecular weight is 315 g/mol. The summed E-state index contributed by atoms with van der Waals surface area (Å²) in [6.07, 6.45) is 16.1. The molecule has 4 heteroatoms. The molecule has 0 heterocycles. The molecule has 0 radical (unpaired) electrons. The fraction of sp³-hybridized carbons (Fsp3) is 1.00. The molecule has 0 saturated carbocycles. The molecule has 4 nitrogen and oxygen atoms in total. The Balaban J connectivity index is 2.91. The highest BCUT2D eigenvalue weighted by molar-refractivity contribution is 4.53. The second-order valence-electron chi connectivity index (χ2n) is 6.32. The topological polar surface area (TPSA) is 76.1 Å². The largest absolute Gasteiger partial charge is 0.330 e. The van der Waals surface area contributed by atoms with E-state index in [-0.39, 0.29) is 0 Å². The molecule has 0 saturated heterocycles. The maximum absolute atomic E-state index is 5.45. The highest BCUT2D eigenvalue weighted by atomic mass is 14.8. The third-order valence-corrected chi connectivity index (χ3v) is 4.07. The quantitative estimate of drug-likeness (QED) is 0.277. The van der Waals surface area contributed by atoms with Gasteiger partial charge < -0.3 is 22.1 Å². The Hall–Kier alpha value is -0.160. The van der Waals surface area contributed by atoms with Crippen molar-refractivity contribution < 1.29 is 0 Å². The molecule has 0 aliphatic carbocycles. The van der Waals surface area contributed by atoms with Gasteiger partial charge in [0, 0.05) is 0 Å². The Kier molecular flexibility index (Phi) is 20.7. The number of unbranched alkanes of at least 4 members (excludes halogenated alkanes) is 9. The zero-order valence-corrected chi connectivity index (χ0v) is 14.9. The van der Waals surface area contributed by atoms with E-state index in [4.69, 9.17) is 11.5 Å². The van der Waals surface area contributed by atoms with E-state index < -0.39 is 0 Å². The average Bonchev–Trinajstić information content (AvgIpc) is 2.54. The highest BCUT2D eigenvalue weighted by Crippen LogP contribution is 2.10. The monoisotopic (exact) mass is 314 g/mol. The molecule has 0 aromatic carbocycles. The van der Waals surface area contributed by atoms with Crippen molar-refractivity contribution in [1.82, 2.24) is 10.6 Å². The van der Waals surface area contributed by atoms with Gasteiger partial charge in [0.05, 0.1) is 0 Å². The molecule has 0 aromatic heterocycles. The first-order valence-corrected chi connectivity index (χ1v) is 9.73. The summed E-state index contributed by atoms with van der Waals surface area (Å²) in [6.45, 7) is 6.10. The predicted octanol–water partition coefficient (Wildman–Crippen LogP) is 2.76. The van der Waals surface area contributed by atoms with Crippen LogP contribution in [-0.4, -0.2) is 39.3 Å². The van der Waals surface area contributed by atoms with E-state index in [0.717, 1.165) is 39.0 Å². The van der Waals surface area contributed by atoms with Crippen LogP contribution in [0.3, 0.4) is 0 Å². The van der Waals surface area contributed by atoms with Crippen LogP contribution in [0.5, 0.6) is 0 Å². The maximum atomic E-state index is 5.45. The van der Waals surface area contributed by atoms with Crippen LogP contribution >= 0.6 is 0 Å². The Labute approximate surface area is 139 Å². The van der Waals surface area contributed by atoms with E-state index in [0.29, 0.717) is 0 Å². The summed E-state index contributed by atoms with van der Waals surface area (Å²) < 4.78 is 0. The van der Waals surface area contributed by atoms with E-state index in [2.05, 4.69) is 10.6 Å². The van der Waals surface area contributed by atoms with E-state index in [1.165, 1.54) is 77.3 Å². The zero-order valence-electron chi connectivity index (χ0n) is 14.9. The minimum atomic E-state index is 0.803. The minimum Gasteiger partial charge on any atom is -0.330 e. The molecule has 0 aliphatic rings. The molecule has 6 N–H and O–H groups in total. The molecule has 0 fully saturated rings. The minimum absolute atomic E-state index is 0.803. The summed E-state index contributed by atoms with van der Waals surface area (Å²) in [7, 11) is 0. The van der Waals surface area contributed by atoms with Gasteiger partial charge in [0.2, 0.25) is 0 Å². The smallest absolute Gasteiger partial charge is 0.00369 e. The molecule has 0 atom stereocenters. The summed E-state index contributed by atoms with van der Waals surface area (Å²) in [4.78, 5) is 0. The standard InChI is InChI=1S/C18H42N4/c19-13-11-17-21-15-9-7-5-3-1-2-4-6-8-10-16-22-18-12-14-20/h21-22H,1-20H2. The van der Waals surface area contributed by atoms with Gasteiger partial charge in [-0.05, 0) is 65.0 Å². The second-order valence-corrected chi connectivity index (χ2v) is 6.32. The maximum Gasteiger partial charge on any atom is -0.00369 e. The van der Waals surface area contributed by atoms with Crippen molar-refractivity contribution in [3.63, 3.8) is 0 Å². The van der Waals surface area contributed by atoms with Gasteiger partial charge in [-0.2, -0.15) is 0 Å². The van der Waals surface area contributed by atoms with Crippen molar-refractivity contribution in [3.05, 3.63) is 0 Å². The number of nitrogens with one attached hydrogen (secondary N) is 2. The predicted molar refractivity (Wildman–Crippen MR) is 99.3 cm³/mol. The van der Waals surface area contributed by atoms with Crippen molar-refractivity contribution in [2.45, 2.75) is 77.0 Å². The van der Waals surface area contributed by atoms with Crippen LogP contribution in [0, 0.1) is 0 Å². The van der Waals surface area contributed by atoms with Crippen molar-refractivity contribution in [2.24, 2.45) is 11.5 Å². The third kappa shape index (κ3) is 19.8. The van der Waals surface area contributed by atoms with Gasteiger partial charge in [0.15, 0.2) is 0 Å². The van der Waals surface area contributed by atoms with Gasteiger partial charge in [-0.25, -0.2) is 0 Å². The Morgan fingerprint density at radius 1 is 0.364 bits per heavy atom. The van der Waals surface area contributed by atoms with Crippen LogP contribution < -0.4 is 22.1 Å². The van der Waals surface area contributed by atoms with Crippen LogP contribution in [0.25, 0.3) is 0 Å². The highest BCUT2D eigenvalue weighted by Gasteiger charge is 1.94. The Bertz CT molecular complexity index is 168. The fourth-order valence-corrected chi connectivity index (χ4v) is 2.62. The van der Waals surface area contributed by atoms with Gasteiger partial charge in [-0.15, -0.1) is 0 Å². The van der Waals surface area contributed by atoms with Crippen LogP contribution in [0.2, 0.25) is 0 Å². The van der Waals surface area contributed by atoms with Crippen molar-refractivity contribution in [2.75, 3.05) is 39.3 Å². The number of rotatable bonds is 19. The van der Waals surface area contributed by atoms with Gasteiger partial charge in [0.1, 0.15) is 0 Å². The molecule has 0 aromatic rings. The summed E-state index contributed by atoms with van der Waals surface area (Å²) in [6, 6.07) is 0. The van der Waals surface area contributed by atoms with E-state index in [1.807, 2.05) is 0 Å². The molecule has 0 bridgehead atoms. The molecule has 0 amide bonds. The van der Waals surface area contributed by atoms with Gasteiger partial charge >= 0.3 is 0 Å². The number of hydrogen-bond acceptors (Lipinski definition) is 4. The van der Waals surface area contributed by atoms with Gasteiger partial charge in [0.25, 0.3) is 0 Å². The zero-order chi connectivity index (χ0) is 16.1. The molecule has 0 unspecified atom stereocenters. The van der Waals surface area contributed by atoms with Crippen LogP contribution in [0.1, 0.15) is 77.0 Å². The van der Waals surface area contributed by atoms with Crippen LogP contribution in [0.15, 0.2) is 0 Å². The Morgan fingerprint density at radius 3 is 0.955 bits per heavy atom. The fourth-order valence-electron chi connectivity index (χ4n) is 2.62. The number of nitrogens with two attached hydrogens (primary N) is 2. The van der Waals surface area contributed by atoms with E-state index in [1.54, 1.807) is 0 Å².